The maximum Gasteiger partial charge on any atom is 0.222 e. The molecule has 1 saturated heterocycles. The molecule has 0 N–H and O–H groups in total. The summed E-state index contributed by atoms with van der Waals surface area (Å²) in [7, 11) is 2.25. The largest absolute Gasteiger partial charge is 0.342 e. The molecule has 0 aromatic rings. The lowest BCUT2D eigenvalue weighted by Crippen LogP contribution is -2.39. The van der Waals surface area contributed by atoms with Crippen molar-refractivity contribution in [2.75, 3.05) is 46.3 Å². The molecule has 1 heterocycles. The van der Waals surface area contributed by atoms with Crippen LogP contribution in [0.5, 0.6) is 0 Å². The lowest BCUT2D eigenvalue weighted by molar-refractivity contribution is -0.131. The van der Waals surface area contributed by atoms with Crippen LogP contribution in [0.2, 0.25) is 0 Å². The first kappa shape index (κ1) is 19.7. The monoisotopic (exact) mass is 337 g/mol. The summed E-state index contributed by atoms with van der Waals surface area (Å²) in [6.07, 6.45) is 9.71. The van der Waals surface area contributed by atoms with Gasteiger partial charge in [0, 0.05) is 38.6 Å². The molecule has 4 heteroatoms. The molecule has 1 amide bonds. The molecule has 0 aromatic carbocycles. The van der Waals surface area contributed by atoms with Gasteiger partial charge in [-0.3, -0.25) is 4.79 Å². The maximum atomic E-state index is 12.5. The Labute approximate surface area is 149 Å². The van der Waals surface area contributed by atoms with Crippen molar-refractivity contribution in [3.63, 3.8) is 0 Å². The van der Waals surface area contributed by atoms with E-state index in [1.165, 1.54) is 32.1 Å². The van der Waals surface area contributed by atoms with Crippen LogP contribution in [0.4, 0.5) is 0 Å². The third kappa shape index (κ3) is 6.03. The highest BCUT2D eigenvalue weighted by Gasteiger charge is 2.27. The second-order valence-electron chi connectivity index (χ2n) is 7.83. The zero-order chi connectivity index (χ0) is 17.4. The second-order valence-corrected chi connectivity index (χ2v) is 7.83. The molecule has 1 aliphatic carbocycles. The van der Waals surface area contributed by atoms with Gasteiger partial charge in [-0.25, -0.2) is 0 Å². The number of hydrogen-bond donors (Lipinski definition) is 0. The van der Waals surface area contributed by atoms with Crippen LogP contribution in [0, 0.1) is 5.92 Å². The van der Waals surface area contributed by atoms with E-state index < -0.39 is 0 Å². The van der Waals surface area contributed by atoms with E-state index in [1.54, 1.807) is 0 Å². The van der Waals surface area contributed by atoms with Crippen LogP contribution in [0.25, 0.3) is 0 Å². The Kier molecular flexibility index (Phi) is 8.54. The summed E-state index contributed by atoms with van der Waals surface area (Å²) in [6.45, 7) is 11.0. The van der Waals surface area contributed by atoms with E-state index in [0.29, 0.717) is 11.9 Å². The Bertz CT molecular complexity index is 364. The normalized spacial score (nSPS) is 24.0. The molecule has 140 valence electrons. The van der Waals surface area contributed by atoms with E-state index in [2.05, 4.69) is 35.6 Å². The first-order chi connectivity index (χ1) is 11.6. The topological polar surface area (TPSA) is 26.8 Å². The molecule has 24 heavy (non-hydrogen) atoms. The summed E-state index contributed by atoms with van der Waals surface area (Å²) in [5, 5.41) is 0. The smallest absolute Gasteiger partial charge is 0.222 e. The van der Waals surface area contributed by atoms with Crippen LogP contribution in [-0.4, -0.2) is 73.0 Å². The minimum atomic E-state index is 0.403. The number of amides is 1. The minimum Gasteiger partial charge on any atom is -0.342 e. The summed E-state index contributed by atoms with van der Waals surface area (Å²) in [5.41, 5.74) is 0. The van der Waals surface area contributed by atoms with Crippen molar-refractivity contribution in [3.8, 4) is 0 Å². The van der Waals surface area contributed by atoms with E-state index in [-0.39, 0.29) is 0 Å². The standard InChI is InChI=1S/C20H39N3O/c1-4-22(5-2)16-15-21(3)19-11-12-20(24)23(14-13-19)17-18-9-7-6-8-10-18/h18-19H,4-17H2,1-3H3. The molecule has 1 saturated carbocycles. The van der Waals surface area contributed by atoms with Gasteiger partial charge < -0.3 is 14.7 Å². The van der Waals surface area contributed by atoms with Crippen molar-refractivity contribution in [2.45, 2.75) is 71.3 Å². The maximum absolute atomic E-state index is 12.5. The van der Waals surface area contributed by atoms with E-state index >= 15 is 0 Å². The van der Waals surface area contributed by atoms with Crippen molar-refractivity contribution < 1.29 is 4.79 Å². The van der Waals surface area contributed by atoms with Gasteiger partial charge in [-0.05, 0) is 51.7 Å². The zero-order valence-corrected chi connectivity index (χ0v) is 16.3. The van der Waals surface area contributed by atoms with Crippen molar-refractivity contribution in [3.05, 3.63) is 0 Å². The Hall–Kier alpha value is -0.610. The number of hydrogen-bond acceptors (Lipinski definition) is 3. The third-order valence-electron chi connectivity index (χ3n) is 6.27. The van der Waals surface area contributed by atoms with E-state index in [9.17, 15) is 4.79 Å². The predicted octanol–water partition coefficient (Wildman–Crippen LogP) is 3.22. The first-order valence-corrected chi connectivity index (χ1v) is 10.3. The summed E-state index contributed by atoms with van der Waals surface area (Å²) < 4.78 is 0. The Morgan fingerprint density at radius 1 is 1.00 bits per heavy atom. The number of likely N-dealkylation sites (tertiary alicyclic amines) is 1. The second kappa shape index (κ2) is 10.4. The van der Waals surface area contributed by atoms with Crippen LogP contribution in [-0.2, 0) is 4.79 Å². The lowest BCUT2D eigenvalue weighted by Gasteiger charge is -2.30. The van der Waals surface area contributed by atoms with Gasteiger partial charge in [0.25, 0.3) is 0 Å². The number of rotatable bonds is 8. The van der Waals surface area contributed by atoms with E-state index in [0.717, 1.165) is 64.4 Å². The van der Waals surface area contributed by atoms with Gasteiger partial charge in [-0.2, -0.15) is 0 Å². The molecular weight excluding hydrogens is 298 g/mol. The molecule has 0 aromatic heterocycles. The van der Waals surface area contributed by atoms with E-state index in [1.807, 2.05) is 0 Å². The number of likely N-dealkylation sites (N-methyl/N-ethyl adjacent to an activating group) is 2. The molecule has 0 radical (unpaired) electrons. The van der Waals surface area contributed by atoms with Gasteiger partial charge in [-0.1, -0.05) is 33.1 Å². The molecule has 2 fully saturated rings. The van der Waals surface area contributed by atoms with Crippen LogP contribution in [0.3, 0.4) is 0 Å². The van der Waals surface area contributed by atoms with Gasteiger partial charge in [-0.15, -0.1) is 0 Å². The summed E-state index contributed by atoms with van der Waals surface area (Å²) in [4.78, 5) is 19.7. The Balaban J connectivity index is 1.78. The predicted molar refractivity (Wildman–Crippen MR) is 101 cm³/mol. The van der Waals surface area contributed by atoms with Crippen molar-refractivity contribution in [1.82, 2.24) is 14.7 Å². The number of carbonyl (C=O) groups excluding carboxylic acids is 1. The number of nitrogens with zero attached hydrogens (tertiary/aromatic N) is 3. The van der Waals surface area contributed by atoms with Gasteiger partial charge in [0.2, 0.25) is 5.91 Å². The van der Waals surface area contributed by atoms with Crippen molar-refractivity contribution in [2.24, 2.45) is 5.92 Å². The average molecular weight is 338 g/mol. The Morgan fingerprint density at radius 2 is 1.71 bits per heavy atom. The summed E-state index contributed by atoms with van der Waals surface area (Å²) in [6, 6.07) is 0.570. The molecular formula is C20H39N3O. The number of carbonyl (C=O) groups is 1. The fraction of sp³-hybridized carbons (Fsp3) is 0.950. The highest BCUT2D eigenvalue weighted by atomic mass is 16.2. The highest BCUT2D eigenvalue weighted by Crippen LogP contribution is 2.26. The molecule has 4 nitrogen and oxygen atoms in total. The van der Waals surface area contributed by atoms with Gasteiger partial charge >= 0.3 is 0 Å². The summed E-state index contributed by atoms with van der Waals surface area (Å²) >= 11 is 0. The minimum absolute atomic E-state index is 0.403. The zero-order valence-electron chi connectivity index (χ0n) is 16.3. The van der Waals surface area contributed by atoms with Crippen LogP contribution < -0.4 is 0 Å². The van der Waals surface area contributed by atoms with Gasteiger partial charge in [0.1, 0.15) is 0 Å². The quantitative estimate of drug-likeness (QED) is 0.680. The van der Waals surface area contributed by atoms with Crippen LogP contribution in [0.15, 0.2) is 0 Å². The lowest BCUT2D eigenvalue weighted by atomic mass is 9.89. The molecule has 1 aliphatic heterocycles. The molecule has 0 bridgehead atoms. The molecule has 1 atom stereocenters. The fourth-order valence-corrected chi connectivity index (χ4v) is 4.36. The van der Waals surface area contributed by atoms with Crippen molar-refractivity contribution in [1.29, 1.82) is 0 Å². The third-order valence-corrected chi connectivity index (χ3v) is 6.27. The Morgan fingerprint density at radius 3 is 2.38 bits per heavy atom. The highest BCUT2D eigenvalue weighted by molar-refractivity contribution is 5.76. The molecule has 2 rings (SSSR count). The summed E-state index contributed by atoms with van der Waals surface area (Å²) in [5.74, 6) is 1.17. The molecule has 1 unspecified atom stereocenters. The molecule has 2 aliphatic rings. The van der Waals surface area contributed by atoms with Crippen molar-refractivity contribution >= 4 is 5.91 Å². The average Bonchev–Trinajstić information content (AvgIpc) is 2.79. The SMILES string of the molecule is CCN(CC)CCN(C)C1CCC(=O)N(CC2CCCCC2)CC1. The first-order valence-electron chi connectivity index (χ1n) is 10.3. The van der Waals surface area contributed by atoms with Gasteiger partial charge in [0.15, 0.2) is 0 Å². The van der Waals surface area contributed by atoms with E-state index in [4.69, 9.17) is 0 Å². The molecule has 0 spiro atoms. The van der Waals surface area contributed by atoms with Crippen LogP contribution >= 0.6 is 0 Å². The van der Waals surface area contributed by atoms with Gasteiger partial charge in [0.05, 0.1) is 0 Å². The fourth-order valence-electron chi connectivity index (χ4n) is 4.36. The van der Waals surface area contributed by atoms with Crippen LogP contribution in [0.1, 0.15) is 65.2 Å².